The van der Waals surface area contributed by atoms with Crippen molar-refractivity contribution >= 4 is 34.7 Å². The molecule has 3 aromatic carbocycles. The first-order chi connectivity index (χ1) is 14.9. The summed E-state index contributed by atoms with van der Waals surface area (Å²) in [5.41, 5.74) is 2.54. The standard InChI is InChI=1S/C24H16Cl2O5/c25-17-6-1-14(2-7-17)11-19-22(15-3-10-20-21(12-15)30-13-29-20)23(27)31-24(19,28)16-4-8-18(26)9-5-16/h1-10,12,28H,11,13H2. The summed E-state index contributed by atoms with van der Waals surface area (Å²) in [4.78, 5) is 13.0. The van der Waals surface area contributed by atoms with Crippen LogP contribution in [0.15, 0.2) is 72.3 Å². The van der Waals surface area contributed by atoms with Gasteiger partial charge in [-0.15, -0.1) is 0 Å². The number of carbonyl (C=O) groups excluding carboxylic acids is 1. The van der Waals surface area contributed by atoms with Crippen LogP contribution in [0.1, 0.15) is 16.7 Å². The Morgan fingerprint density at radius 1 is 0.871 bits per heavy atom. The van der Waals surface area contributed by atoms with Gasteiger partial charge in [-0.25, -0.2) is 4.79 Å². The molecule has 0 aliphatic carbocycles. The molecule has 0 fully saturated rings. The van der Waals surface area contributed by atoms with Crippen LogP contribution in [0.5, 0.6) is 11.5 Å². The van der Waals surface area contributed by atoms with Crippen molar-refractivity contribution < 1.29 is 24.1 Å². The second kappa shape index (κ2) is 7.61. The first-order valence-corrected chi connectivity index (χ1v) is 10.3. The number of esters is 1. The van der Waals surface area contributed by atoms with Crippen LogP contribution in [-0.2, 0) is 21.7 Å². The zero-order chi connectivity index (χ0) is 21.6. The lowest BCUT2D eigenvalue weighted by Crippen LogP contribution is -2.29. The van der Waals surface area contributed by atoms with Crippen molar-refractivity contribution in [2.45, 2.75) is 12.2 Å². The van der Waals surface area contributed by atoms with E-state index in [-0.39, 0.29) is 18.8 Å². The van der Waals surface area contributed by atoms with Gasteiger partial charge in [0.2, 0.25) is 6.79 Å². The van der Waals surface area contributed by atoms with Crippen molar-refractivity contribution in [2.24, 2.45) is 0 Å². The van der Waals surface area contributed by atoms with Gasteiger partial charge in [-0.05, 0) is 47.5 Å². The van der Waals surface area contributed by atoms with Gasteiger partial charge < -0.3 is 19.3 Å². The largest absolute Gasteiger partial charge is 0.454 e. The summed E-state index contributed by atoms with van der Waals surface area (Å²) in [6, 6.07) is 19.0. The average Bonchev–Trinajstić information content (AvgIpc) is 3.32. The Hall–Kier alpha value is -2.99. The van der Waals surface area contributed by atoms with E-state index in [1.807, 2.05) is 12.1 Å². The summed E-state index contributed by atoms with van der Waals surface area (Å²) in [6.45, 7) is 0.120. The second-order valence-corrected chi connectivity index (χ2v) is 8.14. The zero-order valence-corrected chi connectivity index (χ0v) is 17.6. The molecule has 0 amide bonds. The molecule has 7 heteroatoms. The van der Waals surface area contributed by atoms with Crippen molar-refractivity contribution in [2.75, 3.05) is 6.79 Å². The van der Waals surface area contributed by atoms with Crippen molar-refractivity contribution in [3.8, 4) is 11.5 Å². The number of halogens is 2. The van der Waals surface area contributed by atoms with Crippen LogP contribution in [0.4, 0.5) is 0 Å². The molecule has 1 unspecified atom stereocenters. The molecule has 0 bridgehead atoms. The monoisotopic (exact) mass is 454 g/mol. The third kappa shape index (κ3) is 3.55. The lowest BCUT2D eigenvalue weighted by atomic mass is 9.88. The maximum atomic E-state index is 13.0. The summed E-state index contributed by atoms with van der Waals surface area (Å²) in [5, 5.41) is 12.7. The molecule has 5 rings (SSSR count). The predicted octanol–water partition coefficient (Wildman–Crippen LogP) is 5.12. The van der Waals surface area contributed by atoms with Gasteiger partial charge in [-0.1, -0.05) is 53.5 Å². The van der Waals surface area contributed by atoms with E-state index in [1.165, 1.54) is 0 Å². The zero-order valence-electron chi connectivity index (χ0n) is 16.1. The number of ether oxygens (including phenoxy) is 3. The first-order valence-electron chi connectivity index (χ1n) is 9.54. The third-order valence-electron chi connectivity index (χ3n) is 5.35. The maximum absolute atomic E-state index is 13.0. The van der Waals surface area contributed by atoms with Gasteiger partial charge in [0.05, 0.1) is 5.57 Å². The summed E-state index contributed by atoms with van der Waals surface area (Å²) >= 11 is 12.0. The molecule has 31 heavy (non-hydrogen) atoms. The number of aliphatic hydroxyl groups is 1. The average molecular weight is 455 g/mol. The number of rotatable bonds is 4. The Bertz CT molecular complexity index is 1200. The minimum absolute atomic E-state index is 0.120. The van der Waals surface area contributed by atoms with Crippen LogP contribution in [0.25, 0.3) is 5.57 Å². The fraction of sp³-hybridized carbons (Fsp3) is 0.125. The molecule has 1 N–H and O–H groups in total. The summed E-state index contributed by atoms with van der Waals surface area (Å²) in [7, 11) is 0. The smallest absolute Gasteiger partial charge is 0.342 e. The van der Waals surface area contributed by atoms with Gasteiger partial charge >= 0.3 is 5.97 Å². The molecular weight excluding hydrogens is 439 g/mol. The van der Waals surface area contributed by atoms with E-state index in [4.69, 9.17) is 37.4 Å². The second-order valence-electron chi connectivity index (χ2n) is 7.27. The van der Waals surface area contributed by atoms with E-state index < -0.39 is 11.8 Å². The normalized spacial score (nSPS) is 19.6. The Labute approximate surface area is 188 Å². The van der Waals surface area contributed by atoms with Gasteiger partial charge in [-0.2, -0.15) is 0 Å². The Morgan fingerprint density at radius 3 is 2.23 bits per heavy atom. The van der Waals surface area contributed by atoms with Crippen molar-refractivity contribution in [3.05, 3.63) is 99.0 Å². The summed E-state index contributed by atoms with van der Waals surface area (Å²) < 4.78 is 16.4. The summed E-state index contributed by atoms with van der Waals surface area (Å²) in [6.07, 6.45) is 0.270. The molecule has 0 aromatic heterocycles. The SMILES string of the molecule is O=C1OC(O)(c2ccc(Cl)cc2)C(Cc2ccc(Cl)cc2)=C1c1ccc2c(c1)OCO2. The summed E-state index contributed by atoms with van der Waals surface area (Å²) in [5.74, 6) is -1.43. The highest BCUT2D eigenvalue weighted by Gasteiger charge is 2.48. The van der Waals surface area contributed by atoms with Crippen molar-refractivity contribution in [1.29, 1.82) is 0 Å². The van der Waals surface area contributed by atoms with Gasteiger partial charge in [0, 0.05) is 27.6 Å². The van der Waals surface area contributed by atoms with E-state index in [0.29, 0.717) is 38.2 Å². The van der Waals surface area contributed by atoms with Crippen molar-refractivity contribution in [3.63, 3.8) is 0 Å². The number of benzene rings is 3. The minimum atomic E-state index is -1.94. The van der Waals surface area contributed by atoms with Gasteiger partial charge in [0.25, 0.3) is 5.79 Å². The highest BCUT2D eigenvalue weighted by molar-refractivity contribution is 6.30. The quantitative estimate of drug-likeness (QED) is 0.554. The van der Waals surface area contributed by atoms with E-state index in [2.05, 4.69) is 0 Å². The predicted molar refractivity (Wildman–Crippen MR) is 116 cm³/mol. The van der Waals surface area contributed by atoms with Crippen LogP contribution in [0.2, 0.25) is 10.0 Å². The van der Waals surface area contributed by atoms with Gasteiger partial charge in [0.1, 0.15) is 0 Å². The topological polar surface area (TPSA) is 65.0 Å². The molecule has 3 aromatic rings. The Kier molecular flexibility index (Phi) is 4.89. The molecule has 2 aliphatic rings. The molecule has 0 saturated heterocycles. The lowest BCUT2D eigenvalue weighted by molar-refractivity contribution is -0.185. The maximum Gasteiger partial charge on any atom is 0.342 e. The molecule has 0 spiro atoms. The van der Waals surface area contributed by atoms with Crippen LogP contribution in [-0.4, -0.2) is 17.9 Å². The van der Waals surface area contributed by atoms with Gasteiger partial charge in [0.15, 0.2) is 11.5 Å². The van der Waals surface area contributed by atoms with Gasteiger partial charge in [-0.3, -0.25) is 0 Å². The Morgan fingerprint density at radius 2 is 1.52 bits per heavy atom. The molecule has 0 saturated carbocycles. The van der Waals surface area contributed by atoms with E-state index in [0.717, 1.165) is 5.56 Å². The molecular formula is C24H16Cl2O5. The number of fused-ring (bicyclic) bond motifs is 1. The number of hydrogen-bond acceptors (Lipinski definition) is 5. The fourth-order valence-corrected chi connectivity index (χ4v) is 4.06. The van der Waals surface area contributed by atoms with Crippen LogP contribution < -0.4 is 9.47 Å². The highest BCUT2D eigenvalue weighted by Crippen LogP contribution is 2.46. The molecule has 0 radical (unpaired) electrons. The van der Waals surface area contributed by atoms with Crippen LogP contribution in [0.3, 0.4) is 0 Å². The number of cyclic esters (lactones) is 1. The number of hydrogen-bond donors (Lipinski definition) is 1. The molecule has 2 heterocycles. The van der Waals surface area contributed by atoms with E-state index in [9.17, 15) is 9.90 Å². The lowest BCUT2D eigenvalue weighted by Gasteiger charge is -2.25. The Balaban J connectivity index is 1.67. The molecule has 2 aliphatic heterocycles. The van der Waals surface area contributed by atoms with Crippen LogP contribution in [0, 0.1) is 0 Å². The van der Waals surface area contributed by atoms with E-state index >= 15 is 0 Å². The molecule has 1 atom stereocenters. The number of carbonyl (C=O) groups is 1. The third-order valence-corrected chi connectivity index (χ3v) is 5.85. The first kappa shape index (κ1) is 19.9. The van der Waals surface area contributed by atoms with Crippen molar-refractivity contribution in [1.82, 2.24) is 0 Å². The minimum Gasteiger partial charge on any atom is -0.454 e. The molecule has 5 nitrogen and oxygen atoms in total. The molecule has 156 valence electrons. The van der Waals surface area contributed by atoms with E-state index in [1.54, 1.807) is 54.6 Å². The highest BCUT2D eigenvalue weighted by atomic mass is 35.5. The van der Waals surface area contributed by atoms with Crippen LogP contribution >= 0.6 is 23.2 Å². The fourth-order valence-electron chi connectivity index (χ4n) is 3.81.